The van der Waals surface area contributed by atoms with E-state index in [4.69, 9.17) is 9.26 Å². The second-order valence-corrected chi connectivity index (χ2v) is 7.64. The third-order valence-corrected chi connectivity index (χ3v) is 5.46. The third-order valence-electron chi connectivity index (χ3n) is 5.46. The summed E-state index contributed by atoms with van der Waals surface area (Å²) >= 11 is 0. The van der Waals surface area contributed by atoms with Crippen LogP contribution in [0.25, 0.3) is 11.2 Å². The Morgan fingerprint density at radius 1 is 1.23 bits per heavy atom. The van der Waals surface area contributed by atoms with Crippen molar-refractivity contribution in [1.29, 1.82) is 0 Å². The monoisotopic (exact) mass is 428 g/mol. The van der Waals surface area contributed by atoms with Crippen molar-refractivity contribution >= 4 is 11.2 Å². The van der Waals surface area contributed by atoms with Crippen LogP contribution < -0.4 is 5.56 Å². The van der Waals surface area contributed by atoms with Crippen LogP contribution in [0.2, 0.25) is 0 Å². The minimum absolute atomic E-state index is 0.0688. The van der Waals surface area contributed by atoms with E-state index in [1.165, 1.54) is 24.1 Å². The van der Waals surface area contributed by atoms with Gasteiger partial charge in [-0.3, -0.25) is 9.36 Å². The molecule has 0 spiro atoms. The summed E-state index contributed by atoms with van der Waals surface area (Å²) < 4.78 is 41.4. The minimum atomic E-state index is -0.895. The molecule has 0 amide bonds. The lowest BCUT2D eigenvalue weighted by Crippen LogP contribution is -2.22. The highest BCUT2D eigenvalue weighted by Crippen LogP contribution is 2.37. The van der Waals surface area contributed by atoms with E-state index in [2.05, 4.69) is 20.1 Å². The molecule has 1 fully saturated rings. The Bertz CT molecular complexity index is 1320. The van der Waals surface area contributed by atoms with Crippen LogP contribution in [0.1, 0.15) is 41.3 Å². The lowest BCUT2D eigenvalue weighted by Gasteiger charge is -2.11. The molecule has 1 aliphatic rings. The third kappa shape index (κ3) is 3.40. The molecule has 5 rings (SSSR count). The summed E-state index contributed by atoms with van der Waals surface area (Å²) in [7, 11) is 1.72. The van der Waals surface area contributed by atoms with E-state index >= 15 is 0 Å². The first-order valence-electron chi connectivity index (χ1n) is 9.66. The Morgan fingerprint density at radius 3 is 2.84 bits per heavy atom. The molecule has 0 bridgehead atoms. The Morgan fingerprint density at radius 2 is 2.03 bits per heavy atom. The zero-order valence-electron chi connectivity index (χ0n) is 16.7. The summed E-state index contributed by atoms with van der Waals surface area (Å²) in [5, 5.41) is 4.02. The fourth-order valence-electron chi connectivity index (χ4n) is 3.81. The molecule has 1 aromatic carbocycles. The van der Waals surface area contributed by atoms with Crippen molar-refractivity contribution in [3.8, 4) is 0 Å². The van der Waals surface area contributed by atoms with E-state index in [1.54, 1.807) is 17.7 Å². The van der Waals surface area contributed by atoms with Crippen LogP contribution in [0.5, 0.6) is 0 Å². The van der Waals surface area contributed by atoms with Crippen molar-refractivity contribution in [3.63, 3.8) is 0 Å². The first-order valence-corrected chi connectivity index (χ1v) is 9.66. The van der Waals surface area contributed by atoms with Crippen molar-refractivity contribution in [2.75, 3.05) is 6.61 Å². The number of aromatic nitrogens is 6. The van der Waals surface area contributed by atoms with Crippen LogP contribution in [0.15, 0.2) is 34.1 Å². The SMILES string of the molecule is Cc1cc([C@H]2C[C@H](c3noc(Cn4cnc5ncn(C)c5c4=O)n3)CO2)cc(F)c1F. The summed E-state index contributed by atoms with van der Waals surface area (Å²) in [5.41, 5.74) is 1.30. The van der Waals surface area contributed by atoms with Crippen LogP contribution in [-0.2, 0) is 18.3 Å². The standard InChI is InChI=1S/C20H18F2N6O3/c1-10-3-11(4-13(21)16(10)22)14-5-12(7-30-14)18-25-15(31-26-18)6-28-9-24-19-17(20(28)29)27(2)8-23-19/h3-4,8-9,12,14H,5-7H2,1-2H3/t12-,14+/m0/s1. The van der Waals surface area contributed by atoms with Gasteiger partial charge in [0.2, 0.25) is 5.89 Å². The topological polar surface area (TPSA) is 101 Å². The molecule has 0 saturated carbocycles. The molecular formula is C20H18F2N6O3. The van der Waals surface area contributed by atoms with Gasteiger partial charge in [0.05, 0.1) is 19.0 Å². The largest absolute Gasteiger partial charge is 0.373 e. The van der Waals surface area contributed by atoms with Gasteiger partial charge < -0.3 is 13.8 Å². The number of ether oxygens (including phenoxy) is 1. The smallest absolute Gasteiger partial charge is 0.280 e. The number of halogens is 2. The van der Waals surface area contributed by atoms with Gasteiger partial charge in [0.1, 0.15) is 12.9 Å². The number of aryl methyl sites for hydroxylation is 2. The Kier molecular flexibility index (Phi) is 4.62. The molecule has 1 saturated heterocycles. The van der Waals surface area contributed by atoms with E-state index in [-0.39, 0.29) is 35.6 Å². The molecule has 9 nitrogen and oxygen atoms in total. The van der Waals surface area contributed by atoms with Crippen molar-refractivity contribution in [2.24, 2.45) is 7.05 Å². The number of nitrogens with zero attached hydrogens (tertiary/aromatic N) is 6. The zero-order chi connectivity index (χ0) is 21.7. The highest BCUT2D eigenvalue weighted by atomic mass is 19.2. The van der Waals surface area contributed by atoms with Gasteiger partial charge in [0.25, 0.3) is 5.56 Å². The highest BCUT2D eigenvalue weighted by Gasteiger charge is 2.32. The molecule has 1 aliphatic heterocycles. The highest BCUT2D eigenvalue weighted by molar-refractivity contribution is 5.68. The second kappa shape index (κ2) is 7.34. The Labute approximate surface area is 174 Å². The molecule has 31 heavy (non-hydrogen) atoms. The summed E-state index contributed by atoms with van der Waals surface area (Å²) in [6.45, 7) is 1.91. The molecule has 2 atom stereocenters. The fraction of sp³-hybridized carbons (Fsp3) is 0.350. The molecular weight excluding hydrogens is 410 g/mol. The minimum Gasteiger partial charge on any atom is -0.373 e. The summed E-state index contributed by atoms with van der Waals surface area (Å²) in [6, 6.07) is 2.74. The van der Waals surface area contributed by atoms with Gasteiger partial charge in [-0.1, -0.05) is 11.2 Å². The van der Waals surface area contributed by atoms with Crippen LogP contribution in [0.4, 0.5) is 8.78 Å². The lowest BCUT2D eigenvalue weighted by atomic mass is 9.98. The van der Waals surface area contributed by atoms with Gasteiger partial charge in [0.15, 0.2) is 28.6 Å². The number of hydrogen-bond donors (Lipinski definition) is 0. The maximum absolute atomic E-state index is 13.7. The second-order valence-electron chi connectivity index (χ2n) is 7.64. The quantitative estimate of drug-likeness (QED) is 0.492. The molecule has 4 aromatic rings. The average Bonchev–Trinajstić information content (AvgIpc) is 3.48. The molecule has 4 heterocycles. The van der Waals surface area contributed by atoms with Crippen molar-refractivity contribution < 1.29 is 18.0 Å². The van der Waals surface area contributed by atoms with E-state index in [0.29, 0.717) is 35.6 Å². The Balaban J connectivity index is 1.33. The van der Waals surface area contributed by atoms with E-state index in [9.17, 15) is 13.6 Å². The predicted octanol–water partition coefficient (Wildman–Crippen LogP) is 2.39. The molecule has 0 N–H and O–H groups in total. The maximum atomic E-state index is 13.7. The molecule has 0 radical (unpaired) electrons. The summed E-state index contributed by atoms with van der Waals surface area (Å²) in [5.74, 6) is -1.21. The Hall–Kier alpha value is -3.47. The van der Waals surface area contributed by atoms with Gasteiger partial charge in [-0.15, -0.1) is 0 Å². The van der Waals surface area contributed by atoms with Gasteiger partial charge in [-0.05, 0) is 30.5 Å². The normalized spacial score (nSPS) is 18.8. The van der Waals surface area contributed by atoms with Crippen molar-refractivity contribution in [3.05, 3.63) is 69.6 Å². The van der Waals surface area contributed by atoms with E-state index < -0.39 is 11.6 Å². The van der Waals surface area contributed by atoms with Gasteiger partial charge >= 0.3 is 0 Å². The zero-order valence-corrected chi connectivity index (χ0v) is 16.7. The van der Waals surface area contributed by atoms with E-state index in [1.807, 2.05) is 0 Å². The van der Waals surface area contributed by atoms with Crippen LogP contribution in [0.3, 0.4) is 0 Å². The lowest BCUT2D eigenvalue weighted by molar-refractivity contribution is 0.109. The van der Waals surface area contributed by atoms with Gasteiger partial charge in [-0.25, -0.2) is 18.7 Å². The van der Waals surface area contributed by atoms with E-state index in [0.717, 1.165) is 6.07 Å². The van der Waals surface area contributed by atoms with Gasteiger partial charge in [0, 0.05) is 13.0 Å². The number of rotatable bonds is 4. The van der Waals surface area contributed by atoms with Gasteiger partial charge in [-0.2, -0.15) is 4.98 Å². The molecule has 11 heteroatoms. The summed E-state index contributed by atoms with van der Waals surface area (Å²) in [6.07, 6.45) is 3.03. The van der Waals surface area contributed by atoms with Crippen molar-refractivity contribution in [2.45, 2.75) is 31.9 Å². The number of fused-ring (bicyclic) bond motifs is 1. The first-order chi connectivity index (χ1) is 14.9. The van der Waals surface area contributed by atoms with Crippen LogP contribution >= 0.6 is 0 Å². The van der Waals surface area contributed by atoms with Crippen molar-refractivity contribution in [1.82, 2.24) is 29.2 Å². The number of imidazole rings is 1. The average molecular weight is 428 g/mol. The van der Waals surface area contributed by atoms with Crippen LogP contribution in [-0.4, -0.2) is 35.8 Å². The molecule has 0 unspecified atom stereocenters. The molecule has 3 aromatic heterocycles. The number of hydrogen-bond acceptors (Lipinski definition) is 7. The maximum Gasteiger partial charge on any atom is 0.280 e. The fourth-order valence-corrected chi connectivity index (χ4v) is 3.81. The first kappa shape index (κ1) is 19.5. The number of benzene rings is 1. The van der Waals surface area contributed by atoms with Crippen LogP contribution in [0, 0.1) is 18.6 Å². The predicted molar refractivity (Wildman–Crippen MR) is 103 cm³/mol. The molecule has 160 valence electrons. The molecule has 0 aliphatic carbocycles. The summed E-state index contributed by atoms with van der Waals surface area (Å²) in [4.78, 5) is 25.3.